The van der Waals surface area contributed by atoms with Crippen molar-refractivity contribution in [3.05, 3.63) is 0 Å². The minimum atomic E-state index is -6.09. The zero-order valence-corrected chi connectivity index (χ0v) is 10.2. The summed E-state index contributed by atoms with van der Waals surface area (Å²) in [5, 5.41) is 0. The average molecular weight is 312 g/mol. The van der Waals surface area contributed by atoms with Gasteiger partial charge >= 0.3 is 48.7 Å². The molecule has 0 spiro atoms. The van der Waals surface area contributed by atoms with Crippen molar-refractivity contribution >= 4 is 20.2 Å². The van der Waals surface area contributed by atoms with Gasteiger partial charge in [-0.3, -0.25) is 0 Å². The summed E-state index contributed by atoms with van der Waals surface area (Å²) < 4.78 is 118. The molecule has 0 aromatic rings. The summed E-state index contributed by atoms with van der Waals surface area (Å²) in [5.41, 5.74) is -11.3. The minimum Gasteiger partial charge on any atom is -0.741 e. The smallest absolute Gasteiger partial charge is 0.741 e. The van der Waals surface area contributed by atoms with Crippen molar-refractivity contribution in [1.29, 1.82) is 0 Å². The van der Waals surface area contributed by atoms with E-state index < -0.39 is 31.3 Å². The summed E-state index contributed by atoms with van der Waals surface area (Å²) in [7, 11) is -12.2. The van der Waals surface area contributed by atoms with E-state index >= 15 is 0 Å². The molecule has 100 valence electrons. The maximum absolute atomic E-state index is 10.7. The van der Waals surface area contributed by atoms with Gasteiger partial charge in [0.15, 0.2) is 20.2 Å². The predicted molar refractivity (Wildman–Crippen MR) is 31.5 cm³/mol. The van der Waals surface area contributed by atoms with E-state index in [0.717, 1.165) is 0 Å². The molecule has 0 aromatic carbocycles. The first-order valence-corrected chi connectivity index (χ1v) is 5.36. The van der Waals surface area contributed by atoms with Crippen LogP contribution in [-0.2, 0) is 20.2 Å². The Hall–Kier alpha value is 0.595. The number of halogens is 6. The first-order chi connectivity index (χ1) is 6.50. The molecule has 0 saturated heterocycles. The first kappa shape index (κ1) is 27.0. The molecular weight excluding hydrogens is 312 g/mol. The van der Waals surface area contributed by atoms with E-state index in [0.29, 0.717) is 0 Å². The van der Waals surface area contributed by atoms with Crippen LogP contribution in [-0.4, -0.2) is 37.0 Å². The van der Waals surface area contributed by atoms with E-state index in [9.17, 15) is 26.3 Å². The van der Waals surface area contributed by atoms with Gasteiger partial charge in [-0.05, 0) is 0 Å². The Morgan fingerprint density at radius 2 is 0.667 bits per heavy atom. The molecule has 0 saturated carbocycles. The van der Waals surface area contributed by atoms with Crippen LogP contribution in [0, 0.1) is 0 Å². The van der Waals surface area contributed by atoms with Crippen molar-refractivity contribution in [2.45, 2.75) is 11.0 Å². The van der Waals surface area contributed by atoms with E-state index in [-0.39, 0.29) is 37.7 Å². The van der Waals surface area contributed by atoms with Crippen LogP contribution in [0.15, 0.2) is 0 Å². The second kappa shape index (κ2) is 8.01. The first-order valence-electron chi connectivity index (χ1n) is 2.54. The summed E-state index contributed by atoms with van der Waals surface area (Å²) in [4.78, 5) is 0. The Bertz CT molecular complexity index is 378. The van der Waals surface area contributed by atoms with Crippen molar-refractivity contribution in [3.63, 3.8) is 0 Å². The molecule has 0 aromatic heterocycles. The molecule has 0 N–H and O–H groups in total. The second-order valence-corrected chi connectivity index (χ2v) is 4.54. The Labute approximate surface area is 121 Å². The Morgan fingerprint density at radius 1 is 0.611 bits per heavy atom. The van der Waals surface area contributed by atoms with Gasteiger partial charge in [0.2, 0.25) is 0 Å². The third kappa shape index (κ3) is 11.7. The maximum Gasteiger partial charge on any atom is 1.00 e. The third-order valence-corrected chi connectivity index (χ3v) is 1.70. The van der Waals surface area contributed by atoms with Crippen molar-refractivity contribution in [2.24, 2.45) is 0 Å². The molecule has 0 rings (SSSR count). The van der Waals surface area contributed by atoms with E-state index in [4.69, 9.17) is 25.9 Å². The van der Waals surface area contributed by atoms with Gasteiger partial charge in [-0.15, -0.1) is 0 Å². The van der Waals surface area contributed by atoms with Crippen LogP contribution in [0.5, 0.6) is 0 Å². The molecule has 0 aliphatic rings. The molecular formula is C2F6Li2O6S2. The van der Waals surface area contributed by atoms with Gasteiger partial charge < -0.3 is 9.11 Å². The van der Waals surface area contributed by atoms with Crippen LogP contribution in [0.2, 0.25) is 0 Å². The number of hydrogen-bond acceptors (Lipinski definition) is 6. The molecule has 0 unspecified atom stereocenters. The number of rotatable bonds is 0. The molecule has 0 amide bonds. The average Bonchev–Trinajstić information content (AvgIpc) is 1.77. The van der Waals surface area contributed by atoms with E-state index in [1.807, 2.05) is 0 Å². The summed E-state index contributed by atoms with van der Waals surface area (Å²) >= 11 is 0. The zero-order valence-electron chi connectivity index (χ0n) is 8.53. The van der Waals surface area contributed by atoms with E-state index in [2.05, 4.69) is 0 Å². The Morgan fingerprint density at radius 3 is 0.667 bits per heavy atom. The van der Waals surface area contributed by atoms with Gasteiger partial charge in [0.05, 0.1) is 0 Å². The van der Waals surface area contributed by atoms with Crippen LogP contribution < -0.4 is 37.7 Å². The molecule has 0 aliphatic heterocycles. The summed E-state index contributed by atoms with van der Waals surface area (Å²) in [6.45, 7) is 0. The molecule has 0 aliphatic carbocycles. The Kier molecular flexibility index (Phi) is 12.0. The molecule has 6 nitrogen and oxygen atoms in total. The topological polar surface area (TPSA) is 114 Å². The molecule has 0 fully saturated rings. The number of hydrogen-bond donors (Lipinski definition) is 0. The van der Waals surface area contributed by atoms with Crippen molar-refractivity contribution in [3.8, 4) is 0 Å². The van der Waals surface area contributed by atoms with Gasteiger partial charge in [0, 0.05) is 0 Å². The summed E-state index contributed by atoms with van der Waals surface area (Å²) in [6.07, 6.45) is 0. The normalized spacial score (nSPS) is 12.4. The van der Waals surface area contributed by atoms with Gasteiger partial charge in [0.1, 0.15) is 0 Å². The summed E-state index contributed by atoms with van der Waals surface area (Å²) in [6, 6.07) is 0. The van der Waals surface area contributed by atoms with Gasteiger partial charge in [-0.2, -0.15) is 26.3 Å². The minimum absolute atomic E-state index is 0. The molecule has 0 radical (unpaired) electrons. The van der Waals surface area contributed by atoms with Crippen LogP contribution in [0.25, 0.3) is 0 Å². The zero-order chi connectivity index (χ0) is 14.0. The predicted octanol–water partition coefficient (Wildman–Crippen LogP) is -5.89. The fraction of sp³-hybridized carbons (Fsp3) is 1.00. The second-order valence-electron chi connectivity index (χ2n) is 1.80. The van der Waals surface area contributed by atoms with Crippen LogP contribution in [0.3, 0.4) is 0 Å². The van der Waals surface area contributed by atoms with Crippen LogP contribution in [0.1, 0.15) is 0 Å². The third-order valence-electron chi connectivity index (χ3n) is 0.567. The maximum atomic E-state index is 10.7. The summed E-state index contributed by atoms with van der Waals surface area (Å²) in [5.74, 6) is 0. The fourth-order valence-corrected chi connectivity index (χ4v) is 0. The quantitative estimate of drug-likeness (QED) is 0.190. The molecule has 0 heterocycles. The van der Waals surface area contributed by atoms with Crippen LogP contribution >= 0.6 is 0 Å². The van der Waals surface area contributed by atoms with Crippen LogP contribution in [0.4, 0.5) is 26.3 Å². The van der Waals surface area contributed by atoms with Gasteiger partial charge in [-0.1, -0.05) is 0 Å². The SMILES string of the molecule is O=S(=O)([O-])C(F)(F)F.O=S(=O)([O-])C(F)(F)F.[Li+].[Li+]. The molecule has 0 bridgehead atoms. The van der Waals surface area contributed by atoms with Crippen molar-refractivity contribution in [2.75, 3.05) is 0 Å². The monoisotopic (exact) mass is 312 g/mol. The fourth-order valence-electron chi connectivity index (χ4n) is 0. The van der Waals surface area contributed by atoms with Gasteiger partial charge in [-0.25, -0.2) is 16.8 Å². The molecule has 0 atom stereocenters. The standard InChI is InChI=1S/2CHF3O3S.2Li/c2*2-1(3,4)8(5,6)7;;/h2*(H,5,6,7);;/q;;2*+1/p-2. The van der Waals surface area contributed by atoms with E-state index in [1.165, 1.54) is 0 Å². The van der Waals surface area contributed by atoms with E-state index in [1.54, 1.807) is 0 Å². The molecule has 18 heavy (non-hydrogen) atoms. The Balaban J connectivity index is -0.0000000980. The number of alkyl halides is 6. The molecule has 16 heteroatoms. The van der Waals surface area contributed by atoms with Crippen molar-refractivity contribution in [1.82, 2.24) is 0 Å². The van der Waals surface area contributed by atoms with Crippen molar-refractivity contribution < 1.29 is 90.0 Å². The van der Waals surface area contributed by atoms with Gasteiger partial charge in [0.25, 0.3) is 0 Å². The largest absolute Gasteiger partial charge is 1.00 e.